The number of halogens is 1. The number of carbonyl (C=O) groups excluding carboxylic acids is 2. The topological polar surface area (TPSA) is 49.4 Å². The zero-order valence-electron chi connectivity index (χ0n) is 13.0. The molecule has 1 heterocycles. The lowest BCUT2D eigenvalue weighted by atomic mass is 9.81. The van der Waals surface area contributed by atoms with Crippen molar-refractivity contribution >= 4 is 33.4 Å². The van der Waals surface area contributed by atoms with Gasteiger partial charge in [-0.15, -0.1) is 0 Å². The third-order valence-electron chi connectivity index (χ3n) is 4.64. The summed E-state index contributed by atoms with van der Waals surface area (Å²) in [6.45, 7) is 1.66. The Balaban J connectivity index is 1.73. The summed E-state index contributed by atoms with van der Waals surface area (Å²) in [5, 5.41) is 2.96. The molecule has 0 radical (unpaired) electrons. The second-order valence-corrected chi connectivity index (χ2v) is 7.01. The van der Waals surface area contributed by atoms with Crippen LogP contribution in [0.25, 0.3) is 0 Å². The van der Waals surface area contributed by atoms with Gasteiger partial charge in [-0.05, 0) is 53.7 Å². The van der Waals surface area contributed by atoms with E-state index < -0.39 is 0 Å². The van der Waals surface area contributed by atoms with Gasteiger partial charge in [0.25, 0.3) is 0 Å². The molecule has 2 unspecified atom stereocenters. The maximum atomic E-state index is 12.7. The smallest absolute Gasteiger partial charge is 0.228 e. The van der Waals surface area contributed by atoms with E-state index >= 15 is 0 Å². The Labute approximate surface area is 145 Å². The van der Waals surface area contributed by atoms with Crippen LogP contribution in [0.2, 0.25) is 0 Å². The lowest BCUT2D eigenvalue weighted by Crippen LogP contribution is -2.42. The summed E-state index contributed by atoms with van der Waals surface area (Å²) in [4.78, 5) is 27.4. The number of para-hydroxylation sites is 1. The third kappa shape index (κ3) is 3.66. The van der Waals surface area contributed by atoms with Crippen LogP contribution in [0.5, 0.6) is 0 Å². The van der Waals surface area contributed by atoms with Crippen molar-refractivity contribution in [2.45, 2.75) is 25.7 Å². The number of carbonyl (C=O) groups is 2. The van der Waals surface area contributed by atoms with Crippen LogP contribution >= 0.6 is 15.9 Å². The fraction of sp³-hybridized carbons (Fsp3) is 0.444. The summed E-state index contributed by atoms with van der Waals surface area (Å²) >= 11 is 3.44. The van der Waals surface area contributed by atoms with Crippen molar-refractivity contribution in [1.29, 1.82) is 0 Å². The van der Waals surface area contributed by atoms with Gasteiger partial charge in [-0.1, -0.05) is 24.3 Å². The van der Waals surface area contributed by atoms with E-state index in [1.54, 1.807) is 0 Å². The molecule has 1 aromatic rings. The number of amides is 2. The van der Waals surface area contributed by atoms with Gasteiger partial charge in [0.15, 0.2) is 0 Å². The van der Waals surface area contributed by atoms with E-state index in [4.69, 9.17) is 0 Å². The van der Waals surface area contributed by atoms with Gasteiger partial charge in [-0.25, -0.2) is 0 Å². The quantitative estimate of drug-likeness (QED) is 0.819. The zero-order chi connectivity index (χ0) is 16.2. The highest BCUT2D eigenvalue weighted by Gasteiger charge is 2.37. The molecule has 0 spiro atoms. The monoisotopic (exact) mass is 376 g/mol. The summed E-state index contributed by atoms with van der Waals surface area (Å²) < 4.78 is 0.849. The number of nitrogens with one attached hydrogen (secondary N) is 1. The van der Waals surface area contributed by atoms with Crippen molar-refractivity contribution in [3.05, 3.63) is 40.9 Å². The van der Waals surface area contributed by atoms with Crippen LogP contribution in [0.4, 0.5) is 5.69 Å². The van der Waals surface area contributed by atoms with Crippen molar-refractivity contribution in [2.75, 3.05) is 18.4 Å². The SMILES string of the molecule is O=C(Nc1ccccc1Br)C1CC=CCC1C(=O)N1CCCC1. The van der Waals surface area contributed by atoms with E-state index in [-0.39, 0.29) is 23.7 Å². The molecule has 2 amide bonds. The van der Waals surface area contributed by atoms with E-state index in [0.29, 0.717) is 12.8 Å². The zero-order valence-corrected chi connectivity index (χ0v) is 14.6. The normalized spacial score (nSPS) is 23.8. The molecule has 3 rings (SSSR count). The molecular weight excluding hydrogens is 356 g/mol. The number of anilines is 1. The van der Waals surface area contributed by atoms with Crippen molar-refractivity contribution < 1.29 is 9.59 Å². The van der Waals surface area contributed by atoms with E-state index in [1.807, 2.05) is 41.3 Å². The molecule has 0 saturated carbocycles. The Morgan fingerprint density at radius 3 is 2.39 bits per heavy atom. The molecule has 5 heteroatoms. The number of rotatable bonds is 3. The van der Waals surface area contributed by atoms with Crippen LogP contribution in [0.3, 0.4) is 0 Å². The Hall–Kier alpha value is -1.62. The first kappa shape index (κ1) is 16.2. The standard InChI is InChI=1S/C18H21BrN2O2/c19-15-9-3-4-10-16(15)20-17(22)13-7-1-2-8-14(13)18(23)21-11-5-6-12-21/h1-4,9-10,13-14H,5-8,11-12H2,(H,20,22). The molecule has 1 aliphatic heterocycles. The molecular formula is C18H21BrN2O2. The minimum atomic E-state index is -0.291. The molecule has 1 saturated heterocycles. The first-order valence-electron chi connectivity index (χ1n) is 8.16. The summed E-state index contributed by atoms with van der Waals surface area (Å²) in [5.74, 6) is -0.460. The van der Waals surface area contributed by atoms with E-state index in [0.717, 1.165) is 36.1 Å². The Bertz CT molecular complexity index is 623. The fourth-order valence-corrected chi connectivity index (χ4v) is 3.72. The Morgan fingerprint density at radius 2 is 1.70 bits per heavy atom. The number of allylic oxidation sites excluding steroid dienone is 2. The molecule has 2 atom stereocenters. The maximum Gasteiger partial charge on any atom is 0.228 e. The summed E-state index contributed by atoms with van der Waals surface area (Å²) in [6.07, 6.45) is 7.47. The summed E-state index contributed by atoms with van der Waals surface area (Å²) in [5.41, 5.74) is 0.749. The van der Waals surface area contributed by atoms with Crippen LogP contribution in [-0.2, 0) is 9.59 Å². The number of nitrogens with zero attached hydrogens (tertiary/aromatic N) is 1. The van der Waals surface area contributed by atoms with Gasteiger partial charge in [-0.3, -0.25) is 9.59 Å². The highest BCUT2D eigenvalue weighted by atomic mass is 79.9. The van der Waals surface area contributed by atoms with Crippen LogP contribution < -0.4 is 5.32 Å². The third-order valence-corrected chi connectivity index (χ3v) is 5.33. The number of hydrogen-bond donors (Lipinski definition) is 1. The van der Waals surface area contributed by atoms with Gasteiger partial charge in [0.1, 0.15) is 0 Å². The van der Waals surface area contributed by atoms with Crippen LogP contribution in [0.1, 0.15) is 25.7 Å². The van der Waals surface area contributed by atoms with E-state index in [9.17, 15) is 9.59 Å². The minimum Gasteiger partial charge on any atom is -0.342 e. The minimum absolute atomic E-state index is 0.0706. The first-order valence-corrected chi connectivity index (χ1v) is 8.95. The van der Waals surface area contributed by atoms with Gasteiger partial charge >= 0.3 is 0 Å². The van der Waals surface area contributed by atoms with Crippen molar-refractivity contribution in [3.63, 3.8) is 0 Å². The molecule has 1 N–H and O–H groups in total. The second kappa shape index (κ2) is 7.30. The molecule has 0 bridgehead atoms. The molecule has 2 aliphatic rings. The average molecular weight is 377 g/mol. The molecule has 23 heavy (non-hydrogen) atoms. The second-order valence-electron chi connectivity index (χ2n) is 6.16. The van der Waals surface area contributed by atoms with Crippen molar-refractivity contribution in [2.24, 2.45) is 11.8 Å². The first-order chi connectivity index (χ1) is 11.2. The largest absolute Gasteiger partial charge is 0.342 e. The number of hydrogen-bond acceptors (Lipinski definition) is 2. The highest BCUT2D eigenvalue weighted by molar-refractivity contribution is 9.10. The highest BCUT2D eigenvalue weighted by Crippen LogP contribution is 2.31. The van der Waals surface area contributed by atoms with E-state index in [1.165, 1.54) is 0 Å². The molecule has 122 valence electrons. The van der Waals surface area contributed by atoms with Gasteiger partial charge in [0, 0.05) is 17.6 Å². The molecule has 0 aromatic heterocycles. The molecule has 1 fully saturated rings. The lowest BCUT2D eigenvalue weighted by Gasteiger charge is -2.30. The Morgan fingerprint density at radius 1 is 1.04 bits per heavy atom. The molecule has 1 aliphatic carbocycles. The fourth-order valence-electron chi connectivity index (χ4n) is 3.34. The number of benzene rings is 1. The van der Waals surface area contributed by atoms with Crippen LogP contribution in [0.15, 0.2) is 40.9 Å². The van der Waals surface area contributed by atoms with Gasteiger partial charge in [-0.2, -0.15) is 0 Å². The van der Waals surface area contributed by atoms with Crippen LogP contribution in [-0.4, -0.2) is 29.8 Å². The predicted octanol–water partition coefficient (Wildman–Crippen LogP) is 3.59. The van der Waals surface area contributed by atoms with Gasteiger partial charge in [0.2, 0.25) is 11.8 Å². The lowest BCUT2D eigenvalue weighted by molar-refractivity contribution is -0.139. The number of likely N-dealkylation sites (tertiary alicyclic amines) is 1. The molecule has 4 nitrogen and oxygen atoms in total. The average Bonchev–Trinajstić information content (AvgIpc) is 3.11. The Kier molecular flexibility index (Phi) is 5.16. The summed E-state index contributed by atoms with van der Waals surface area (Å²) in [6, 6.07) is 7.54. The van der Waals surface area contributed by atoms with Gasteiger partial charge < -0.3 is 10.2 Å². The summed E-state index contributed by atoms with van der Waals surface area (Å²) in [7, 11) is 0. The van der Waals surface area contributed by atoms with Crippen molar-refractivity contribution in [1.82, 2.24) is 4.90 Å². The molecule has 1 aromatic carbocycles. The van der Waals surface area contributed by atoms with Gasteiger partial charge in [0.05, 0.1) is 17.5 Å². The maximum absolute atomic E-state index is 12.7. The van der Waals surface area contributed by atoms with E-state index in [2.05, 4.69) is 21.2 Å². The predicted molar refractivity (Wildman–Crippen MR) is 93.9 cm³/mol. The van der Waals surface area contributed by atoms with Crippen LogP contribution in [0, 0.1) is 11.8 Å². The van der Waals surface area contributed by atoms with Crippen molar-refractivity contribution in [3.8, 4) is 0 Å².